The van der Waals surface area contributed by atoms with E-state index < -0.39 is 0 Å². The van der Waals surface area contributed by atoms with Crippen LogP contribution < -0.4 is 4.74 Å². The number of hydrogen-bond donors (Lipinski definition) is 0. The molecule has 1 aromatic carbocycles. The smallest absolute Gasteiger partial charge is 0.120 e. The Morgan fingerprint density at radius 2 is 1.81 bits per heavy atom. The summed E-state index contributed by atoms with van der Waals surface area (Å²) in [5.41, 5.74) is 2.50. The molecule has 1 saturated heterocycles. The van der Waals surface area contributed by atoms with Crippen molar-refractivity contribution in [1.29, 1.82) is 0 Å². The van der Waals surface area contributed by atoms with E-state index in [1.807, 2.05) is 12.3 Å². The first kappa shape index (κ1) is 18.9. The van der Waals surface area contributed by atoms with Gasteiger partial charge in [0.1, 0.15) is 5.75 Å². The molecule has 1 atom stereocenters. The Morgan fingerprint density at radius 1 is 1.00 bits per heavy atom. The molecule has 0 amide bonds. The van der Waals surface area contributed by atoms with Crippen LogP contribution in [0.1, 0.15) is 37.9 Å². The normalized spacial score (nSPS) is 17.6. The SMILES string of the molecule is CCC(C)Oc1cccc(CN2CCCN(Cc3ccccn3)CC2)c1. The molecule has 0 aliphatic carbocycles. The van der Waals surface area contributed by atoms with Crippen LogP contribution in [0, 0.1) is 0 Å². The van der Waals surface area contributed by atoms with Crippen LogP contribution in [0.15, 0.2) is 48.7 Å². The number of hydrogen-bond acceptors (Lipinski definition) is 4. The summed E-state index contributed by atoms with van der Waals surface area (Å²) >= 11 is 0. The van der Waals surface area contributed by atoms with Gasteiger partial charge >= 0.3 is 0 Å². The topological polar surface area (TPSA) is 28.6 Å². The Bertz CT molecular complexity index is 661. The van der Waals surface area contributed by atoms with E-state index in [4.69, 9.17) is 4.74 Å². The van der Waals surface area contributed by atoms with Crippen molar-refractivity contribution < 1.29 is 4.74 Å². The molecule has 1 aromatic heterocycles. The first-order valence-electron chi connectivity index (χ1n) is 9.83. The Labute approximate surface area is 157 Å². The van der Waals surface area contributed by atoms with Gasteiger partial charge in [-0.15, -0.1) is 0 Å². The van der Waals surface area contributed by atoms with Crippen LogP contribution >= 0.6 is 0 Å². The van der Waals surface area contributed by atoms with Crippen LogP contribution in [0.25, 0.3) is 0 Å². The first-order chi connectivity index (χ1) is 12.7. The third kappa shape index (κ3) is 5.82. The van der Waals surface area contributed by atoms with Crippen LogP contribution in [0.5, 0.6) is 5.75 Å². The molecule has 26 heavy (non-hydrogen) atoms. The number of aromatic nitrogens is 1. The molecular formula is C22H31N3O. The molecule has 3 rings (SSSR count). The molecule has 4 nitrogen and oxygen atoms in total. The van der Waals surface area contributed by atoms with Crippen molar-refractivity contribution in [2.75, 3.05) is 26.2 Å². The van der Waals surface area contributed by atoms with E-state index in [1.165, 1.54) is 12.0 Å². The lowest BCUT2D eigenvalue weighted by atomic mass is 10.2. The second-order valence-corrected chi connectivity index (χ2v) is 7.21. The Kier molecular flexibility index (Phi) is 7.04. The molecule has 0 N–H and O–H groups in total. The second kappa shape index (κ2) is 9.70. The highest BCUT2D eigenvalue weighted by Gasteiger charge is 2.16. The van der Waals surface area contributed by atoms with Gasteiger partial charge in [-0.1, -0.05) is 25.1 Å². The molecule has 0 radical (unpaired) electrons. The van der Waals surface area contributed by atoms with E-state index in [9.17, 15) is 0 Å². The summed E-state index contributed by atoms with van der Waals surface area (Å²) in [6, 6.07) is 14.7. The average Bonchev–Trinajstić information content (AvgIpc) is 2.88. The highest BCUT2D eigenvalue weighted by Crippen LogP contribution is 2.18. The molecule has 0 bridgehead atoms. The Hall–Kier alpha value is -1.91. The zero-order valence-corrected chi connectivity index (χ0v) is 16.1. The third-order valence-corrected chi connectivity index (χ3v) is 5.01. The van der Waals surface area contributed by atoms with Crippen molar-refractivity contribution in [1.82, 2.24) is 14.8 Å². The van der Waals surface area contributed by atoms with E-state index in [0.29, 0.717) is 0 Å². The van der Waals surface area contributed by atoms with Gasteiger partial charge in [-0.3, -0.25) is 14.8 Å². The zero-order valence-electron chi connectivity index (χ0n) is 16.1. The fraction of sp³-hybridized carbons (Fsp3) is 0.500. The van der Waals surface area contributed by atoms with Crippen LogP contribution in [0.4, 0.5) is 0 Å². The van der Waals surface area contributed by atoms with Gasteiger partial charge in [0.15, 0.2) is 0 Å². The van der Waals surface area contributed by atoms with Crippen LogP contribution in [0.3, 0.4) is 0 Å². The predicted molar refractivity (Wildman–Crippen MR) is 106 cm³/mol. The lowest BCUT2D eigenvalue weighted by Gasteiger charge is -2.22. The van der Waals surface area contributed by atoms with E-state index in [-0.39, 0.29) is 6.10 Å². The lowest BCUT2D eigenvalue weighted by Crippen LogP contribution is -2.30. The van der Waals surface area contributed by atoms with Gasteiger partial charge in [-0.2, -0.15) is 0 Å². The van der Waals surface area contributed by atoms with Crippen molar-refractivity contribution >= 4 is 0 Å². The second-order valence-electron chi connectivity index (χ2n) is 7.21. The summed E-state index contributed by atoms with van der Waals surface area (Å²) in [5.74, 6) is 0.989. The van der Waals surface area contributed by atoms with Gasteiger partial charge in [-0.25, -0.2) is 0 Å². The highest BCUT2D eigenvalue weighted by atomic mass is 16.5. The summed E-state index contributed by atoms with van der Waals surface area (Å²) in [4.78, 5) is 9.54. The van der Waals surface area contributed by atoms with Crippen molar-refractivity contribution in [3.8, 4) is 5.75 Å². The summed E-state index contributed by atoms with van der Waals surface area (Å²) < 4.78 is 5.97. The van der Waals surface area contributed by atoms with E-state index in [2.05, 4.69) is 65.0 Å². The van der Waals surface area contributed by atoms with Crippen molar-refractivity contribution in [2.45, 2.75) is 45.9 Å². The number of nitrogens with zero attached hydrogens (tertiary/aromatic N) is 3. The maximum atomic E-state index is 5.97. The fourth-order valence-electron chi connectivity index (χ4n) is 3.35. The summed E-state index contributed by atoms with van der Waals surface area (Å²) in [5, 5.41) is 0. The monoisotopic (exact) mass is 353 g/mol. The van der Waals surface area contributed by atoms with Gasteiger partial charge in [0, 0.05) is 32.4 Å². The number of pyridine rings is 1. The van der Waals surface area contributed by atoms with Gasteiger partial charge in [0.05, 0.1) is 11.8 Å². The van der Waals surface area contributed by atoms with Gasteiger partial charge in [0.25, 0.3) is 0 Å². The third-order valence-electron chi connectivity index (χ3n) is 5.01. The number of rotatable bonds is 7. The molecule has 1 aliphatic heterocycles. The molecule has 2 heterocycles. The van der Waals surface area contributed by atoms with Crippen molar-refractivity contribution in [3.63, 3.8) is 0 Å². The fourth-order valence-corrected chi connectivity index (χ4v) is 3.35. The summed E-state index contributed by atoms with van der Waals surface area (Å²) in [6.45, 7) is 10.7. The molecule has 1 aliphatic rings. The molecular weight excluding hydrogens is 322 g/mol. The van der Waals surface area contributed by atoms with Gasteiger partial charge in [0.2, 0.25) is 0 Å². The molecule has 0 spiro atoms. The molecule has 140 valence electrons. The van der Waals surface area contributed by atoms with Gasteiger partial charge in [-0.05, 0) is 62.7 Å². The Morgan fingerprint density at radius 3 is 2.54 bits per heavy atom. The van der Waals surface area contributed by atoms with Crippen LogP contribution in [0.2, 0.25) is 0 Å². The van der Waals surface area contributed by atoms with Crippen LogP contribution in [-0.4, -0.2) is 47.1 Å². The average molecular weight is 354 g/mol. The predicted octanol–water partition coefficient (Wildman–Crippen LogP) is 3.97. The molecule has 1 unspecified atom stereocenters. The molecule has 1 fully saturated rings. The van der Waals surface area contributed by atoms with Crippen molar-refractivity contribution in [2.24, 2.45) is 0 Å². The van der Waals surface area contributed by atoms with Gasteiger partial charge < -0.3 is 4.74 Å². The van der Waals surface area contributed by atoms with Crippen molar-refractivity contribution in [3.05, 3.63) is 59.9 Å². The van der Waals surface area contributed by atoms with E-state index >= 15 is 0 Å². The largest absolute Gasteiger partial charge is 0.491 e. The summed E-state index contributed by atoms with van der Waals surface area (Å²) in [7, 11) is 0. The molecule has 2 aromatic rings. The Balaban J connectivity index is 1.52. The minimum absolute atomic E-state index is 0.267. The standard InChI is InChI=1S/C22H31N3O/c1-3-19(2)26-22-10-6-8-20(16-22)17-24-12-7-13-25(15-14-24)18-21-9-4-5-11-23-21/h4-6,8-11,16,19H,3,7,12-15,17-18H2,1-2H3. The molecule has 4 heteroatoms. The minimum atomic E-state index is 0.267. The number of benzene rings is 1. The minimum Gasteiger partial charge on any atom is -0.491 e. The van der Waals surface area contributed by atoms with Crippen LogP contribution in [-0.2, 0) is 13.1 Å². The molecule has 0 saturated carbocycles. The lowest BCUT2D eigenvalue weighted by molar-refractivity contribution is 0.216. The highest BCUT2D eigenvalue weighted by molar-refractivity contribution is 5.28. The maximum absolute atomic E-state index is 5.97. The maximum Gasteiger partial charge on any atom is 0.120 e. The first-order valence-corrected chi connectivity index (χ1v) is 9.83. The number of ether oxygens (including phenoxy) is 1. The van der Waals surface area contributed by atoms with E-state index in [0.717, 1.165) is 57.1 Å². The van der Waals surface area contributed by atoms with E-state index in [1.54, 1.807) is 0 Å². The summed E-state index contributed by atoms with van der Waals surface area (Å²) in [6.07, 6.45) is 4.38. The zero-order chi connectivity index (χ0) is 18.2. The quantitative estimate of drug-likeness (QED) is 0.753.